The van der Waals surface area contributed by atoms with Crippen molar-refractivity contribution < 1.29 is 18.0 Å². The van der Waals surface area contributed by atoms with Crippen LogP contribution in [0.25, 0.3) is 6.08 Å². The van der Waals surface area contributed by atoms with Crippen molar-refractivity contribution in [2.75, 3.05) is 5.32 Å². The van der Waals surface area contributed by atoms with Crippen LogP contribution in [0.3, 0.4) is 0 Å². The molecule has 3 aromatic rings. The molecule has 0 aliphatic heterocycles. The van der Waals surface area contributed by atoms with Crippen LogP contribution in [-0.4, -0.2) is 10.9 Å². The van der Waals surface area contributed by atoms with Gasteiger partial charge in [-0.3, -0.25) is 10.1 Å². The van der Waals surface area contributed by atoms with Gasteiger partial charge in [0.1, 0.15) is 0 Å². The minimum absolute atomic E-state index is 0.288. The van der Waals surface area contributed by atoms with Crippen LogP contribution in [0.1, 0.15) is 21.6 Å². The average Bonchev–Trinajstić information content (AvgIpc) is 3.09. The lowest BCUT2D eigenvalue weighted by Gasteiger charge is -2.07. The topological polar surface area (TPSA) is 42.0 Å². The summed E-state index contributed by atoms with van der Waals surface area (Å²) in [6.07, 6.45) is 0.339. The summed E-state index contributed by atoms with van der Waals surface area (Å²) in [6.45, 7) is 0. The Balaban J connectivity index is 1.62. The molecule has 0 bridgehead atoms. The van der Waals surface area contributed by atoms with E-state index in [4.69, 9.17) is 23.2 Å². The van der Waals surface area contributed by atoms with E-state index >= 15 is 0 Å². The highest BCUT2D eigenvalue weighted by atomic mass is 35.5. The molecule has 0 unspecified atom stereocenters. The molecule has 0 radical (unpaired) electrons. The van der Waals surface area contributed by atoms with Crippen molar-refractivity contribution in [3.05, 3.63) is 86.4 Å². The number of benzene rings is 2. The number of amides is 1. The molecule has 3 nitrogen and oxygen atoms in total. The summed E-state index contributed by atoms with van der Waals surface area (Å²) in [5, 5.41) is 3.78. The summed E-state index contributed by atoms with van der Waals surface area (Å²) in [7, 11) is 0. The number of anilines is 1. The highest BCUT2D eigenvalue weighted by Gasteiger charge is 2.30. The largest absolute Gasteiger partial charge is 0.416 e. The Bertz CT molecular complexity index is 1060. The van der Waals surface area contributed by atoms with Gasteiger partial charge < -0.3 is 0 Å². The number of hydrogen-bond acceptors (Lipinski definition) is 3. The Morgan fingerprint density at radius 3 is 2.66 bits per heavy atom. The molecule has 2 aromatic carbocycles. The van der Waals surface area contributed by atoms with E-state index < -0.39 is 17.6 Å². The number of hydrogen-bond donors (Lipinski definition) is 1. The fraction of sp³-hybridized carbons (Fsp3) is 0.100. The quantitative estimate of drug-likeness (QED) is 0.433. The third-order valence-corrected chi connectivity index (χ3v) is 5.44. The maximum Gasteiger partial charge on any atom is 0.416 e. The normalized spacial score (nSPS) is 11.8. The fourth-order valence-corrected chi connectivity index (χ4v) is 3.60. The Morgan fingerprint density at radius 2 is 1.93 bits per heavy atom. The minimum atomic E-state index is -4.39. The van der Waals surface area contributed by atoms with E-state index in [1.807, 2.05) is 0 Å². The third-order valence-electron chi connectivity index (χ3n) is 3.79. The molecular weight excluding hydrogens is 444 g/mol. The lowest BCUT2D eigenvalue weighted by molar-refractivity contribution is -0.137. The number of thiazole rings is 1. The van der Waals surface area contributed by atoms with Crippen LogP contribution in [0.4, 0.5) is 18.3 Å². The van der Waals surface area contributed by atoms with Gasteiger partial charge in [-0.05, 0) is 35.4 Å². The molecule has 0 fully saturated rings. The van der Waals surface area contributed by atoms with Crippen LogP contribution in [-0.2, 0) is 17.4 Å². The number of nitrogens with zero attached hydrogens (tertiary/aromatic N) is 1. The number of carbonyl (C=O) groups is 1. The molecular formula is C20H13Cl2F3N2OS. The first-order chi connectivity index (χ1) is 13.7. The number of aromatic nitrogens is 1. The van der Waals surface area contributed by atoms with Crippen molar-refractivity contribution in [2.45, 2.75) is 12.6 Å². The first kappa shape index (κ1) is 21.4. The lowest BCUT2D eigenvalue weighted by Crippen LogP contribution is -2.07. The molecule has 1 N–H and O–H groups in total. The van der Waals surface area contributed by atoms with Crippen molar-refractivity contribution in [2.24, 2.45) is 0 Å². The minimum Gasteiger partial charge on any atom is -0.298 e. The number of nitrogens with one attached hydrogen (secondary N) is 1. The van der Waals surface area contributed by atoms with Crippen LogP contribution in [0.5, 0.6) is 0 Å². The monoisotopic (exact) mass is 456 g/mol. The van der Waals surface area contributed by atoms with Gasteiger partial charge in [0.25, 0.3) is 0 Å². The Labute approximate surface area is 178 Å². The zero-order valence-corrected chi connectivity index (χ0v) is 17.0. The van der Waals surface area contributed by atoms with Crippen LogP contribution in [0.2, 0.25) is 10.0 Å². The maximum absolute atomic E-state index is 12.8. The van der Waals surface area contributed by atoms with Gasteiger partial charge in [0.05, 0.1) is 15.6 Å². The molecule has 0 saturated heterocycles. The Hall–Kier alpha value is -2.35. The van der Waals surface area contributed by atoms with Crippen molar-refractivity contribution in [1.82, 2.24) is 4.98 Å². The molecule has 0 atom stereocenters. The first-order valence-corrected chi connectivity index (χ1v) is 9.83. The summed E-state index contributed by atoms with van der Waals surface area (Å²) in [4.78, 5) is 16.9. The predicted molar refractivity (Wildman–Crippen MR) is 110 cm³/mol. The zero-order chi connectivity index (χ0) is 21.0. The molecule has 9 heteroatoms. The van der Waals surface area contributed by atoms with Crippen molar-refractivity contribution in [1.29, 1.82) is 0 Å². The number of alkyl halides is 3. The highest BCUT2D eigenvalue weighted by molar-refractivity contribution is 7.15. The summed E-state index contributed by atoms with van der Waals surface area (Å²) < 4.78 is 38.4. The summed E-state index contributed by atoms with van der Waals surface area (Å²) in [5.41, 5.74) is 0.528. The second-order valence-electron chi connectivity index (χ2n) is 6.00. The SMILES string of the molecule is O=C(/C=C/c1ccc(Cl)c(Cl)c1)Nc1ncc(Cc2cccc(C(F)(F)F)c2)s1. The maximum atomic E-state index is 12.8. The lowest BCUT2D eigenvalue weighted by atomic mass is 10.1. The third kappa shape index (κ3) is 6.06. The zero-order valence-electron chi connectivity index (χ0n) is 14.6. The summed E-state index contributed by atoms with van der Waals surface area (Å²) in [6, 6.07) is 10.1. The van der Waals surface area contributed by atoms with Gasteiger partial charge >= 0.3 is 6.18 Å². The van der Waals surface area contributed by atoms with E-state index in [9.17, 15) is 18.0 Å². The summed E-state index contributed by atoms with van der Waals surface area (Å²) in [5.74, 6) is -0.393. The first-order valence-electron chi connectivity index (χ1n) is 8.25. The van der Waals surface area contributed by atoms with Gasteiger partial charge in [-0.1, -0.05) is 47.5 Å². The van der Waals surface area contributed by atoms with E-state index in [2.05, 4.69) is 10.3 Å². The van der Waals surface area contributed by atoms with E-state index in [1.165, 1.54) is 29.7 Å². The van der Waals surface area contributed by atoms with Crippen LogP contribution in [0.15, 0.2) is 54.7 Å². The second kappa shape index (κ2) is 8.98. The van der Waals surface area contributed by atoms with E-state index in [-0.39, 0.29) is 6.42 Å². The molecule has 0 spiro atoms. The molecule has 0 saturated carbocycles. The van der Waals surface area contributed by atoms with Gasteiger partial charge in [0.15, 0.2) is 5.13 Å². The van der Waals surface area contributed by atoms with E-state index in [1.54, 1.807) is 30.3 Å². The highest BCUT2D eigenvalue weighted by Crippen LogP contribution is 2.30. The Kier molecular flexibility index (Phi) is 6.62. The molecule has 29 heavy (non-hydrogen) atoms. The van der Waals surface area contributed by atoms with Crippen molar-refractivity contribution in [3.63, 3.8) is 0 Å². The standard InChI is InChI=1S/C20H13Cl2F3N2OS/c21-16-6-4-12(10-17(16)22)5-7-18(28)27-19-26-11-15(29-19)9-13-2-1-3-14(8-13)20(23,24)25/h1-8,10-11H,9H2,(H,26,27,28)/b7-5+. The number of carbonyl (C=O) groups excluding carboxylic acids is 1. The fourth-order valence-electron chi connectivity index (χ4n) is 2.44. The van der Waals surface area contributed by atoms with E-state index in [0.29, 0.717) is 26.3 Å². The van der Waals surface area contributed by atoms with Gasteiger partial charge in [-0.15, -0.1) is 11.3 Å². The molecule has 3 rings (SSSR count). The predicted octanol–water partition coefficient (Wildman–Crippen LogP) is 6.71. The summed E-state index contributed by atoms with van der Waals surface area (Å²) >= 11 is 13.0. The molecule has 1 amide bonds. The van der Waals surface area contributed by atoms with Gasteiger partial charge in [-0.25, -0.2) is 4.98 Å². The van der Waals surface area contributed by atoms with Crippen LogP contribution < -0.4 is 5.32 Å². The van der Waals surface area contributed by atoms with Crippen molar-refractivity contribution in [3.8, 4) is 0 Å². The Morgan fingerprint density at radius 1 is 1.14 bits per heavy atom. The molecule has 0 aliphatic rings. The molecule has 150 valence electrons. The average molecular weight is 457 g/mol. The smallest absolute Gasteiger partial charge is 0.298 e. The van der Waals surface area contributed by atoms with Crippen molar-refractivity contribution >= 4 is 51.7 Å². The van der Waals surface area contributed by atoms with Gasteiger partial charge in [0.2, 0.25) is 5.91 Å². The second-order valence-corrected chi connectivity index (χ2v) is 7.93. The molecule has 0 aliphatic carbocycles. The van der Waals surface area contributed by atoms with Gasteiger partial charge in [0, 0.05) is 23.6 Å². The van der Waals surface area contributed by atoms with Crippen LogP contribution in [0, 0.1) is 0 Å². The van der Waals surface area contributed by atoms with Gasteiger partial charge in [-0.2, -0.15) is 13.2 Å². The van der Waals surface area contributed by atoms with Crippen LogP contribution >= 0.6 is 34.5 Å². The molecule has 1 heterocycles. The van der Waals surface area contributed by atoms with E-state index in [0.717, 1.165) is 17.0 Å². The number of rotatable bonds is 5. The number of halogens is 5. The molecule has 1 aromatic heterocycles.